The van der Waals surface area contributed by atoms with Gasteiger partial charge in [0.2, 0.25) is 5.89 Å². The van der Waals surface area contributed by atoms with Gasteiger partial charge in [0.05, 0.1) is 5.92 Å². The third-order valence-corrected chi connectivity index (χ3v) is 4.08. The Morgan fingerprint density at radius 1 is 1.35 bits per heavy atom. The summed E-state index contributed by atoms with van der Waals surface area (Å²) in [5.74, 6) is 1.28. The molecule has 3 rings (SSSR count). The van der Waals surface area contributed by atoms with E-state index in [4.69, 9.17) is 4.52 Å². The Bertz CT molecular complexity index is 608. The molecule has 4 nitrogen and oxygen atoms in total. The predicted octanol–water partition coefficient (Wildman–Crippen LogP) is 3.03. The van der Waals surface area contributed by atoms with Gasteiger partial charge < -0.3 is 4.52 Å². The molecule has 4 heteroatoms. The molecule has 0 spiro atoms. The Balaban J connectivity index is 1.78. The van der Waals surface area contributed by atoms with Gasteiger partial charge in [-0.1, -0.05) is 36.3 Å². The fourth-order valence-electron chi connectivity index (χ4n) is 2.77. The smallest absolute Gasteiger partial charge is 0.236 e. The first-order valence-corrected chi connectivity index (χ1v) is 7.12. The Labute approximate surface area is 118 Å². The number of hydrogen-bond acceptors (Lipinski definition) is 4. The lowest BCUT2D eigenvalue weighted by Gasteiger charge is -2.02. The molecule has 1 atom stereocenters. The highest BCUT2D eigenvalue weighted by Gasteiger charge is 2.28. The van der Waals surface area contributed by atoms with E-state index in [1.807, 2.05) is 13.8 Å². The van der Waals surface area contributed by atoms with Crippen LogP contribution in [0.25, 0.3) is 0 Å². The second kappa shape index (κ2) is 5.19. The molecule has 2 aromatic rings. The number of carbonyl (C=O) groups excluding carboxylic acids is 1. The summed E-state index contributed by atoms with van der Waals surface area (Å²) < 4.78 is 5.28. The average molecular weight is 270 g/mol. The van der Waals surface area contributed by atoms with Crippen molar-refractivity contribution in [2.45, 2.75) is 44.9 Å². The summed E-state index contributed by atoms with van der Waals surface area (Å²) >= 11 is 0. The fourth-order valence-corrected chi connectivity index (χ4v) is 2.77. The minimum atomic E-state index is -0.301. The fraction of sp³-hybridized carbons (Fsp3) is 0.438. The van der Waals surface area contributed by atoms with Gasteiger partial charge >= 0.3 is 0 Å². The number of benzene rings is 1. The Morgan fingerprint density at radius 2 is 2.00 bits per heavy atom. The minimum absolute atomic E-state index is 0.134. The van der Waals surface area contributed by atoms with Gasteiger partial charge in [0.25, 0.3) is 0 Å². The zero-order valence-corrected chi connectivity index (χ0v) is 11.8. The van der Waals surface area contributed by atoms with Crippen LogP contribution in [0.1, 0.15) is 54.9 Å². The van der Waals surface area contributed by atoms with Crippen molar-refractivity contribution in [1.82, 2.24) is 10.1 Å². The molecular weight excluding hydrogens is 252 g/mol. The number of rotatable bonds is 4. The summed E-state index contributed by atoms with van der Waals surface area (Å²) in [5, 5.41) is 4.08. The number of hydrogen-bond donors (Lipinski definition) is 0. The van der Waals surface area contributed by atoms with Crippen molar-refractivity contribution in [3.05, 3.63) is 47.1 Å². The zero-order chi connectivity index (χ0) is 14.1. The van der Waals surface area contributed by atoms with Crippen LogP contribution in [0, 0.1) is 0 Å². The summed E-state index contributed by atoms with van der Waals surface area (Å²) in [5.41, 5.74) is 2.73. The molecule has 1 unspecified atom stereocenters. The molecule has 1 heterocycles. The predicted molar refractivity (Wildman–Crippen MR) is 74.6 cm³/mol. The van der Waals surface area contributed by atoms with Crippen LogP contribution in [-0.2, 0) is 17.6 Å². The molecule has 0 N–H and O–H groups in total. The van der Waals surface area contributed by atoms with E-state index in [9.17, 15) is 4.79 Å². The minimum Gasteiger partial charge on any atom is -0.339 e. The molecule has 1 aliphatic carbocycles. The van der Waals surface area contributed by atoms with Gasteiger partial charge in [-0.25, -0.2) is 0 Å². The Hall–Kier alpha value is -1.97. The highest BCUT2D eigenvalue weighted by molar-refractivity contribution is 5.83. The second-order valence-corrected chi connectivity index (χ2v) is 5.41. The molecule has 0 aliphatic heterocycles. The quantitative estimate of drug-likeness (QED) is 0.857. The average Bonchev–Trinajstić information content (AvgIpc) is 3.11. The molecule has 104 valence electrons. The number of Topliss-reactive ketones (excluding diaryl/α,β-unsaturated/α-hetero) is 1. The summed E-state index contributed by atoms with van der Waals surface area (Å²) in [6.07, 6.45) is 2.39. The SMILES string of the molecule is CCC(=O)C(C)c1nc(C2Cc3ccccc3C2)no1. The van der Waals surface area contributed by atoms with Crippen molar-refractivity contribution in [3.8, 4) is 0 Å². The Kier molecular flexibility index (Phi) is 3.38. The molecule has 1 aromatic heterocycles. The van der Waals surface area contributed by atoms with Crippen molar-refractivity contribution in [1.29, 1.82) is 0 Å². The highest BCUT2D eigenvalue weighted by Crippen LogP contribution is 2.32. The maximum absolute atomic E-state index is 11.7. The summed E-state index contributed by atoms with van der Waals surface area (Å²) in [7, 11) is 0. The summed E-state index contributed by atoms with van der Waals surface area (Å²) in [4.78, 5) is 16.1. The van der Waals surface area contributed by atoms with Gasteiger partial charge in [0.15, 0.2) is 5.82 Å². The van der Waals surface area contributed by atoms with E-state index in [2.05, 4.69) is 34.4 Å². The normalized spacial score (nSPS) is 16.1. The summed E-state index contributed by atoms with van der Waals surface area (Å²) in [6, 6.07) is 8.43. The number of nitrogens with zero attached hydrogens (tertiary/aromatic N) is 2. The first-order chi connectivity index (χ1) is 9.69. The molecule has 0 saturated heterocycles. The van der Waals surface area contributed by atoms with Gasteiger partial charge in [0, 0.05) is 12.3 Å². The third-order valence-electron chi connectivity index (χ3n) is 4.08. The van der Waals surface area contributed by atoms with Crippen LogP contribution in [0.3, 0.4) is 0 Å². The first-order valence-electron chi connectivity index (χ1n) is 7.12. The van der Waals surface area contributed by atoms with E-state index < -0.39 is 0 Å². The molecule has 0 radical (unpaired) electrons. The zero-order valence-electron chi connectivity index (χ0n) is 11.8. The monoisotopic (exact) mass is 270 g/mol. The number of carbonyl (C=O) groups is 1. The van der Waals surface area contributed by atoms with Crippen LogP contribution in [-0.4, -0.2) is 15.9 Å². The molecule has 1 aromatic carbocycles. The van der Waals surface area contributed by atoms with Crippen LogP contribution in [0.4, 0.5) is 0 Å². The largest absolute Gasteiger partial charge is 0.339 e. The van der Waals surface area contributed by atoms with Crippen molar-refractivity contribution in [3.63, 3.8) is 0 Å². The van der Waals surface area contributed by atoms with E-state index in [-0.39, 0.29) is 17.6 Å². The summed E-state index contributed by atoms with van der Waals surface area (Å²) in [6.45, 7) is 3.68. The van der Waals surface area contributed by atoms with E-state index in [1.54, 1.807) is 0 Å². The molecule has 1 aliphatic rings. The third kappa shape index (κ3) is 2.26. The van der Waals surface area contributed by atoms with Crippen molar-refractivity contribution in [2.75, 3.05) is 0 Å². The van der Waals surface area contributed by atoms with Crippen LogP contribution < -0.4 is 0 Å². The highest BCUT2D eigenvalue weighted by atomic mass is 16.5. The van der Waals surface area contributed by atoms with Crippen LogP contribution in [0.5, 0.6) is 0 Å². The molecule has 0 fully saturated rings. The standard InChI is InChI=1S/C16H18N2O2/c1-3-14(19)10(2)16-17-15(18-20-16)13-8-11-6-4-5-7-12(11)9-13/h4-7,10,13H,3,8-9H2,1-2H3. The molecule has 20 heavy (non-hydrogen) atoms. The van der Waals surface area contributed by atoms with Gasteiger partial charge in [0.1, 0.15) is 5.78 Å². The van der Waals surface area contributed by atoms with Gasteiger partial charge in [-0.2, -0.15) is 4.98 Å². The van der Waals surface area contributed by atoms with Gasteiger partial charge in [-0.05, 0) is 30.9 Å². The maximum atomic E-state index is 11.7. The van der Waals surface area contributed by atoms with Crippen LogP contribution >= 0.6 is 0 Å². The van der Waals surface area contributed by atoms with Crippen LogP contribution in [0.15, 0.2) is 28.8 Å². The van der Waals surface area contributed by atoms with E-state index in [1.165, 1.54) is 11.1 Å². The molecule has 0 amide bonds. The number of ketones is 1. The lowest BCUT2D eigenvalue weighted by molar-refractivity contribution is -0.120. The lowest BCUT2D eigenvalue weighted by Crippen LogP contribution is -2.08. The van der Waals surface area contributed by atoms with Crippen molar-refractivity contribution >= 4 is 5.78 Å². The first kappa shape index (κ1) is 13.0. The topological polar surface area (TPSA) is 56.0 Å². The van der Waals surface area contributed by atoms with Gasteiger partial charge in [-0.3, -0.25) is 4.79 Å². The van der Waals surface area contributed by atoms with E-state index in [0.717, 1.165) is 18.7 Å². The lowest BCUT2D eigenvalue weighted by atomic mass is 10.0. The molecule has 0 bridgehead atoms. The Morgan fingerprint density at radius 3 is 2.60 bits per heavy atom. The number of aromatic nitrogens is 2. The number of fused-ring (bicyclic) bond motifs is 1. The molecule has 0 saturated carbocycles. The second-order valence-electron chi connectivity index (χ2n) is 5.41. The van der Waals surface area contributed by atoms with E-state index in [0.29, 0.717) is 12.3 Å². The molecular formula is C16H18N2O2. The van der Waals surface area contributed by atoms with Gasteiger partial charge in [-0.15, -0.1) is 0 Å². The maximum Gasteiger partial charge on any atom is 0.236 e. The van der Waals surface area contributed by atoms with E-state index >= 15 is 0 Å². The van der Waals surface area contributed by atoms with Crippen molar-refractivity contribution in [2.24, 2.45) is 0 Å². The van der Waals surface area contributed by atoms with Crippen LogP contribution in [0.2, 0.25) is 0 Å². The van der Waals surface area contributed by atoms with Crippen molar-refractivity contribution < 1.29 is 9.32 Å².